The Balaban J connectivity index is 1.64. The first-order chi connectivity index (χ1) is 13.8. The molecule has 29 heavy (non-hydrogen) atoms. The zero-order chi connectivity index (χ0) is 21.0. The Labute approximate surface area is 169 Å². The van der Waals surface area contributed by atoms with Crippen LogP contribution in [0, 0.1) is 10.1 Å². The lowest BCUT2D eigenvalue weighted by molar-refractivity contribution is -0.385. The van der Waals surface area contributed by atoms with Crippen molar-refractivity contribution in [1.29, 1.82) is 0 Å². The molecule has 10 nitrogen and oxygen atoms in total. The molecule has 1 atom stereocenters. The topological polar surface area (TPSA) is 123 Å². The van der Waals surface area contributed by atoms with E-state index in [2.05, 4.69) is 22.0 Å². The Morgan fingerprint density at radius 2 is 2.00 bits per heavy atom. The SMILES string of the molecule is CCCCc1noc(C(C)N2CCN(S(=O)(=O)c3cccc([N+](=O)[O-])c3)CC2)n1. The highest BCUT2D eigenvalue weighted by atomic mass is 32.2. The third-order valence-electron chi connectivity index (χ3n) is 5.08. The Morgan fingerprint density at radius 3 is 2.66 bits per heavy atom. The first kappa shape index (κ1) is 21.3. The molecular weight excluding hydrogens is 398 g/mol. The van der Waals surface area contributed by atoms with Crippen molar-refractivity contribution in [3.63, 3.8) is 0 Å². The van der Waals surface area contributed by atoms with Crippen LogP contribution in [-0.4, -0.2) is 58.9 Å². The van der Waals surface area contributed by atoms with E-state index in [9.17, 15) is 18.5 Å². The molecule has 0 aliphatic carbocycles. The number of rotatable bonds is 8. The molecule has 1 aliphatic rings. The van der Waals surface area contributed by atoms with Crippen LogP contribution in [0.5, 0.6) is 0 Å². The standard InChI is InChI=1S/C18H25N5O5S/c1-3-4-8-17-19-18(28-20-17)14(2)21-9-11-22(12-10-21)29(26,27)16-7-5-6-15(13-16)23(24)25/h5-7,13-14H,3-4,8-12H2,1-2H3. The van der Waals surface area contributed by atoms with Gasteiger partial charge in [-0.3, -0.25) is 15.0 Å². The fourth-order valence-corrected chi connectivity index (χ4v) is 4.73. The van der Waals surface area contributed by atoms with Crippen LogP contribution < -0.4 is 0 Å². The molecule has 0 spiro atoms. The average molecular weight is 423 g/mol. The third-order valence-corrected chi connectivity index (χ3v) is 6.98. The van der Waals surface area contributed by atoms with E-state index in [4.69, 9.17) is 4.52 Å². The zero-order valence-corrected chi connectivity index (χ0v) is 17.3. The molecule has 11 heteroatoms. The normalized spacial score (nSPS) is 17.3. The number of nitrogens with zero attached hydrogens (tertiary/aromatic N) is 5. The molecule has 0 N–H and O–H groups in total. The van der Waals surface area contributed by atoms with E-state index in [1.165, 1.54) is 22.5 Å². The summed E-state index contributed by atoms with van der Waals surface area (Å²) in [7, 11) is -3.79. The third kappa shape index (κ3) is 4.80. The number of piperazine rings is 1. The van der Waals surface area contributed by atoms with Crippen molar-refractivity contribution in [2.45, 2.75) is 44.0 Å². The van der Waals surface area contributed by atoms with Gasteiger partial charge in [0.25, 0.3) is 5.69 Å². The maximum Gasteiger partial charge on any atom is 0.270 e. The van der Waals surface area contributed by atoms with Crippen molar-refractivity contribution in [3.05, 3.63) is 46.1 Å². The molecule has 0 saturated carbocycles. The van der Waals surface area contributed by atoms with Gasteiger partial charge in [0.15, 0.2) is 5.82 Å². The van der Waals surface area contributed by atoms with Crippen molar-refractivity contribution in [1.82, 2.24) is 19.3 Å². The molecular formula is C18H25N5O5S. The molecule has 2 aromatic rings. The van der Waals surface area contributed by atoms with Gasteiger partial charge < -0.3 is 4.52 Å². The average Bonchev–Trinajstić information content (AvgIpc) is 3.21. The van der Waals surface area contributed by atoms with Gasteiger partial charge in [0.1, 0.15) is 0 Å². The number of aromatic nitrogens is 2. The number of hydrogen-bond acceptors (Lipinski definition) is 8. The van der Waals surface area contributed by atoms with Gasteiger partial charge in [-0.25, -0.2) is 8.42 Å². The molecule has 3 rings (SSSR count). The minimum absolute atomic E-state index is 0.0642. The second-order valence-electron chi connectivity index (χ2n) is 7.02. The number of hydrogen-bond donors (Lipinski definition) is 0. The highest BCUT2D eigenvalue weighted by Crippen LogP contribution is 2.25. The number of sulfonamides is 1. The van der Waals surface area contributed by atoms with Gasteiger partial charge in [0.05, 0.1) is 15.9 Å². The molecule has 1 aliphatic heterocycles. The number of benzene rings is 1. The molecule has 1 aromatic carbocycles. The Bertz CT molecular complexity index is 953. The molecule has 0 radical (unpaired) electrons. The maximum atomic E-state index is 12.9. The summed E-state index contributed by atoms with van der Waals surface area (Å²) < 4.78 is 32.4. The van der Waals surface area contributed by atoms with E-state index >= 15 is 0 Å². The van der Waals surface area contributed by atoms with Crippen molar-refractivity contribution in [2.24, 2.45) is 0 Å². The van der Waals surface area contributed by atoms with Crippen molar-refractivity contribution < 1.29 is 17.9 Å². The van der Waals surface area contributed by atoms with Crippen LogP contribution in [0.4, 0.5) is 5.69 Å². The van der Waals surface area contributed by atoms with Gasteiger partial charge in [0.2, 0.25) is 15.9 Å². The number of nitro groups is 1. The van der Waals surface area contributed by atoms with Gasteiger partial charge in [-0.05, 0) is 19.4 Å². The zero-order valence-electron chi connectivity index (χ0n) is 16.5. The number of non-ortho nitro benzene ring substituents is 1. The predicted octanol–water partition coefficient (Wildman–Crippen LogP) is 2.39. The maximum absolute atomic E-state index is 12.9. The summed E-state index contributed by atoms with van der Waals surface area (Å²) in [6.45, 7) is 5.63. The first-order valence-electron chi connectivity index (χ1n) is 9.64. The second kappa shape index (κ2) is 8.97. The molecule has 1 aromatic heterocycles. The minimum Gasteiger partial charge on any atom is -0.338 e. The molecule has 1 unspecified atom stereocenters. The van der Waals surface area contributed by atoms with E-state index in [1.54, 1.807) is 0 Å². The summed E-state index contributed by atoms with van der Waals surface area (Å²) in [5.41, 5.74) is -0.242. The molecule has 1 saturated heterocycles. The Morgan fingerprint density at radius 1 is 1.28 bits per heavy atom. The molecule has 158 valence electrons. The van der Waals surface area contributed by atoms with Gasteiger partial charge in [0, 0.05) is 44.7 Å². The van der Waals surface area contributed by atoms with Gasteiger partial charge in [-0.2, -0.15) is 9.29 Å². The lowest BCUT2D eigenvalue weighted by Crippen LogP contribution is -2.49. The molecule has 0 bridgehead atoms. The van der Waals surface area contributed by atoms with Crippen LogP contribution in [0.25, 0.3) is 0 Å². The van der Waals surface area contributed by atoms with Crippen LogP contribution in [-0.2, 0) is 16.4 Å². The van der Waals surface area contributed by atoms with Crippen molar-refractivity contribution >= 4 is 15.7 Å². The Hall–Kier alpha value is -2.37. The summed E-state index contributed by atoms with van der Waals surface area (Å²) in [5, 5.41) is 15.0. The number of unbranched alkanes of at least 4 members (excludes halogenated alkanes) is 1. The highest BCUT2D eigenvalue weighted by molar-refractivity contribution is 7.89. The summed E-state index contributed by atoms with van der Waals surface area (Å²) in [6, 6.07) is 5.03. The summed E-state index contributed by atoms with van der Waals surface area (Å²) >= 11 is 0. The quantitative estimate of drug-likeness (QED) is 0.468. The predicted molar refractivity (Wildman–Crippen MR) is 105 cm³/mol. The second-order valence-corrected chi connectivity index (χ2v) is 8.96. The minimum atomic E-state index is -3.79. The lowest BCUT2D eigenvalue weighted by Gasteiger charge is -2.36. The molecule has 0 amide bonds. The fourth-order valence-electron chi connectivity index (χ4n) is 3.27. The Kier molecular flexibility index (Phi) is 6.60. The van der Waals surface area contributed by atoms with Crippen LogP contribution in [0.3, 0.4) is 0 Å². The van der Waals surface area contributed by atoms with Gasteiger partial charge in [-0.15, -0.1) is 0 Å². The smallest absolute Gasteiger partial charge is 0.270 e. The largest absolute Gasteiger partial charge is 0.338 e. The van der Waals surface area contributed by atoms with E-state index in [1.807, 2.05) is 6.92 Å². The van der Waals surface area contributed by atoms with E-state index in [-0.39, 0.29) is 29.7 Å². The van der Waals surface area contributed by atoms with E-state index < -0.39 is 14.9 Å². The van der Waals surface area contributed by atoms with Gasteiger partial charge >= 0.3 is 0 Å². The van der Waals surface area contributed by atoms with Crippen LogP contribution in [0.15, 0.2) is 33.7 Å². The fraction of sp³-hybridized carbons (Fsp3) is 0.556. The first-order valence-corrected chi connectivity index (χ1v) is 11.1. The monoisotopic (exact) mass is 423 g/mol. The summed E-state index contributed by atoms with van der Waals surface area (Å²) in [4.78, 5) is 16.8. The van der Waals surface area contributed by atoms with Crippen molar-refractivity contribution in [3.8, 4) is 0 Å². The van der Waals surface area contributed by atoms with E-state index in [0.717, 1.165) is 25.3 Å². The van der Waals surface area contributed by atoms with Crippen LogP contribution >= 0.6 is 0 Å². The summed E-state index contributed by atoms with van der Waals surface area (Å²) in [6.07, 6.45) is 2.84. The number of aryl methyl sites for hydroxylation is 1. The van der Waals surface area contributed by atoms with Crippen molar-refractivity contribution in [2.75, 3.05) is 26.2 Å². The number of nitro benzene ring substituents is 1. The highest BCUT2D eigenvalue weighted by Gasteiger charge is 2.32. The summed E-state index contributed by atoms with van der Waals surface area (Å²) in [5.74, 6) is 1.23. The van der Waals surface area contributed by atoms with E-state index in [0.29, 0.717) is 24.8 Å². The van der Waals surface area contributed by atoms with Crippen LogP contribution in [0.1, 0.15) is 44.4 Å². The van der Waals surface area contributed by atoms with Crippen LogP contribution in [0.2, 0.25) is 0 Å². The molecule has 2 heterocycles. The lowest BCUT2D eigenvalue weighted by atomic mass is 10.2. The molecule has 1 fully saturated rings. The van der Waals surface area contributed by atoms with Gasteiger partial charge in [-0.1, -0.05) is 24.6 Å².